The van der Waals surface area contributed by atoms with Gasteiger partial charge in [-0.1, -0.05) is 56.3 Å². The predicted molar refractivity (Wildman–Crippen MR) is 190 cm³/mol. The van der Waals surface area contributed by atoms with Crippen molar-refractivity contribution in [2.45, 2.75) is 74.5 Å². The van der Waals surface area contributed by atoms with Crippen LogP contribution < -0.4 is 10.3 Å². The molecule has 3 heterocycles. The minimum absolute atomic E-state index is 0.0136. The van der Waals surface area contributed by atoms with Gasteiger partial charge in [0, 0.05) is 40.7 Å². The molecule has 4 aromatic rings. The normalized spacial score (nSPS) is 20.2. The maximum absolute atomic E-state index is 15.5. The molecule has 2 aromatic heterocycles. The van der Waals surface area contributed by atoms with Crippen LogP contribution in [0.25, 0.3) is 10.9 Å². The number of carboxylic acids is 1. The van der Waals surface area contributed by atoms with E-state index in [1.807, 2.05) is 49.0 Å². The average Bonchev–Trinajstić information content (AvgIpc) is 3.56. The Morgan fingerprint density at radius 2 is 2.00 bits per heavy atom. The number of aliphatic carboxylic acids is 1. The van der Waals surface area contributed by atoms with Crippen LogP contribution >= 0.6 is 23.5 Å². The summed E-state index contributed by atoms with van der Waals surface area (Å²) >= 11 is 3.01. The lowest BCUT2D eigenvalue weighted by atomic mass is 9.75. The molecule has 5 rings (SSSR count). The first-order valence-electron chi connectivity index (χ1n) is 15.9. The number of thioether (sulfide) groups is 1. The van der Waals surface area contributed by atoms with E-state index in [0.29, 0.717) is 46.0 Å². The molecule has 0 aliphatic carbocycles. The number of aromatic nitrogens is 2. The van der Waals surface area contributed by atoms with E-state index < -0.39 is 23.0 Å². The SMILES string of the molecule is CN/C1=N\C(=N)[C@@](C)(c2cccc(CCC(=O)O)c2)CCCC(C)(C)CSCCc2c(c(OF)c(F)c3[nH]ccc23)Sc2ccnc1c2. The molecule has 48 heavy (non-hydrogen) atoms. The number of pyridine rings is 1. The number of hydrogen-bond donors (Lipinski definition) is 4. The maximum atomic E-state index is 15.5. The number of nitrogens with one attached hydrogen (secondary N) is 3. The van der Waals surface area contributed by atoms with Crippen molar-refractivity contribution in [1.29, 1.82) is 5.41 Å². The predicted octanol–water partition coefficient (Wildman–Crippen LogP) is 8.52. The van der Waals surface area contributed by atoms with Gasteiger partial charge in [0.15, 0.2) is 11.7 Å². The standard InChI is InChI=1S/C36H41F2N5O3S2/c1-35(2)14-6-15-36(3,23-8-5-7-22(19-23)9-10-28(44)45)34(39)43-33(40-4)27-20-24(11-16-41-27)48-32-26(13-18-47-21-35)25-12-17-42-30(25)29(37)31(32)46-38/h5,7-8,11-12,16-17,19-20,42H,6,9-10,13-15,18,21H2,1-4H3,(H,44,45)(H2,39,40,43)/t36-/m1/s1. The highest BCUT2D eigenvalue weighted by molar-refractivity contribution is 7.99. The molecule has 0 saturated heterocycles. The number of fused-ring (bicyclic) bond motifs is 5. The molecule has 12 heteroatoms. The van der Waals surface area contributed by atoms with Crippen LogP contribution in [0.2, 0.25) is 0 Å². The number of H-pyrrole nitrogens is 1. The third kappa shape index (κ3) is 7.86. The van der Waals surface area contributed by atoms with Crippen molar-refractivity contribution < 1.29 is 23.8 Å². The molecule has 0 saturated carbocycles. The summed E-state index contributed by atoms with van der Waals surface area (Å²) in [6.07, 6.45) is 6.68. The van der Waals surface area contributed by atoms with Gasteiger partial charge in [-0.3, -0.25) is 20.1 Å². The quantitative estimate of drug-likeness (QED) is 0.165. The van der Waals surface area contributed by atoms with Crippen molar-refractivity contribution in [3.8, 4) is 5.75 Å². The lowest BCUT2D eigenvalue weighted by Crippen LogP contribution is -2.34. The van der Waals surface area contributed by atoms with Gasteiger partial charge in [0.05, 0.1) is 15.8 Å². The summed E-state index contributed by atoms with van der Waals surface area (Å²) in [6, 6.07) is 13.2. The molecule has 0 spiro atoms. The van der Waals surface area contributed by atoms with Crippen molar-refractivity contribution in [2.75, 3.05) is 18.6 Å². The number of aryl methyl sites for hydroxylation is 2. The van der Waals surface area contributed by atoms with E-state index in [1.54, 1.807) is 31.6 Å². The van der Waals surface area contributed by atoms with Crippen LogP contribution in [0.5, 0.6) is 5.75 Å². The van der Waals surface area contributed by atoms with E-state index in [0.717, 1.165) is 41.0 Å². The summed E-state index contributed by atoms with van der Waals surface area (Å²) in [5.41, 5.74) is 2.50. The topological polar surface area (TPSA) is 123 Å². The van der Waals surface area contributed by atoms with E-state index in [1.165, 1.54) is 11.8 Å². The van der Waals surface area contributed by atoms with Crippen molar-refractivity contribution in [3.63, 3.8) is 0 Å². The van der Waals surface area contributed by atoms with Gasteiger partial charge in [-0.25, -0.2) is 9.38 Å². The number of carbonyl (C=O) groups is 1. The zero-order chi connectivity index (χ0) is 34.5. The van der Waals surface area contributed by atoms with E-state index >= 15 is 4.39 Å². The molecule has 1 aliphatic rings. The van der Waals surface area contributed by atoms with Gasteiger partial charge in [-0.15, -0.1) is 0 Å². The zero-order valence-corrected chi connectivity index (χ0v) is 29.2. The number of aliphatic imine (C=N–C) groups is 1. The fourth-order valence-corrected chi connectivity index (χ4v) is 8.41. The lowest BCUT2D eigenvalue weighted by Gasteiger charge is -2.32. The number of rotatable bonds is 5. The van der Waals surface area contributed by atoms with E-state index in [2.05, 4.69) is 34.1 Å². The number of hydrogen-bond acceptors (Lipinski definition) is 7. The second kappa shape index (κ2) is 15.1. The van der Waals surface area contributed by atoms with Crippen LogP contribution in [0.4, 0.5) is 8.92 Å². The molecule has 2 aromatic carbocycles. The van der Waals surface area contributed by atoms with Crippen LogP contribution in [0.15, 0.2) is 69.6 Å². The van der Waals surface area contributed by atoms with Crippen LogP contribution in [-0.2, 0) is 23.1 Å². The van der Waals surface area contributed by atoms with Gasteiger partial charge < -0.3 is 15.4 Å². The highest BCUT2D eigenvalue weighted by Gasteiger charge is 2.34. The summed E-state index contributed by atoms with van der Waals surface area (Å²) in [4.78, 5) is 28.7. The molecule has 1 aliphatic heterocycles. The molecule has 0 radical (unpaired) electrons. The first-order valence-corrected chi connectivity index (χ1v) is 17.9. The van der Waals surface area contributed by atoms with Gasteiger partial charge in [0.2, 0.25) is 5.75 Å². The summed E-state index contributed by atoms with van der Waals surface area (Å²) in [5, 5.41) is 22.4. The van der Waals surface area contributed by atoms with E-state index in [4.69, 9.17) is 4.99 Å². The third-order valence-corrected chi connectivity index (χ3v) is 11.5. The molecular weight excluding hydrogens is 653 g/mol. The fraction of sp³-hybridized carbons (Fsp3) is 0.389. The Hall–Kier alpha value is -3.90. The zero-order valence-electron chi connectivity index (χ0n) is 27.6. The van der Waals surface area contributed by atoms with Gasteiger partial charge >= 0.3 is 5.97 Å². The highest BCUT2D eigenvalue weighted by atomic mass is 32.2. The minimum atomic E-state index is -0.855. The first kappa shape index (κ1) is 35.4. The van der Waals surface area contributed by atoms with Crippen LogP contribution in [-0.4, -0.2) is 51.3 Å². The Bertz CT molecular complexity index is 1840. The second-order valence-corrected chi connectivity index (χ2v) is 15.3. The Kier molecular flexibility index (Phi) is 11.1. The van der Waals surface area contributed by atoms with Gasteiger partial charge in [0.1, 0.15) is 11.5 Å². The van der Waals surface area contributed by atoms with Crippen LogP contribution in [0.3, 0.4) is 0 Å². The lowest BCUT2D eigenvalue weighted by molar-refractivity contribution is -0.136. The Labute approximate surface area is 288 Å². The highest BCUT2D eigenvalue weighted by Crippen LogP contribution is 2.45. The fourth-order valence-electron chi connectivity index (χ4n) is 6.13. The van der Waals surface area contributed by atoms with E-state index in [9.17, 15) is 19.8 Å². The maximum Gasteiger partial charge on any atom is 0.303 e. The first-order chi connectivity index (χ1) is 23.0. The smallest absolute Gasteiger partial charge is 0.303 e. The number of nitrogens with zero attached hydrogens (tertiary/aromatic N) is 2. The molecule has 1 atom stereocenters. The summed E-state index contributed by atoms with van der Waals surface area (Å²) in [5.74, 6) is 0.0621. The molecule has 2 bridgehead atoms. The number of amidine groups is 2. The number of carboxylic acid groups (broad SMARTS) is 1. The minimum Gasteiger partial charge on any atom is -0.481 e. The summed E-state index contributed by atoms with van der Waals surface area (Å²) in [7, 11) is 1.71. The number of benzene rings is 2. The Morgan fingerprint density at radius 1 is 1.19 bits per heavy atom. The largest absolute Gasteiger partial charge is 0.481 e. The third-order valence-electron chi connectivity index (χ3n) is 8.94. The molecule has 8 nitrogen and oxygen atoms in total. The van der Waals surface area contributed by atoms with Crippen LogP contribution in [0, 0.1) is 16.6 Å². The number of halogens is 2. The van der Waals surface area contributed by atoms with Crippen molar-refractivity contribution in [2.24, 2.45) is 10.4 Å². The van der Waals surface area contributed by atoms with Crippen molar-refractivity contribution >= 4 is 52.1 Å². The molecule has 4 N–H and O–H groups in total. The van der Waals surface area contributed by atoms with Gasteiger partial charge in [-0.2, -0.15) is 11.8 Å². The molecule has 0 fully saturated rings. The van der Waals surface area contributed by atoms with Crippen molar-refractivity contribution in [3.05, 3.63) is 83.1 Å². The van der Waals surface area contributed by atoms with Crippen LogP contribution in [0.1, 0.15) is 68.8 Å². The van der Waals surface area contributed by atoms with E-state index in [-0.39, 0.29) is 23.2 Å². The monoisotopic (exact) mass is 693 g/mol. The number of aromatic amines is 1. The Morgan fingerprint density at radius 3 is 2.75 bits per heavy atom. The second-order valence-electron chi connectivity index (χ2n) is 13.1. The molecule has 0 unspecified atom stereocenters. The summed E-state index contributed by atoms with van der Waals surface area (Å²) in [6.45, 7) is 6.50. The van der Waals surface area contributed by atoms with Gasteiger partial charge in [0.25, 0.3) is 0 Å². The molecular formula is C36H41F2N5O3S2. The average molecular weight is 694 g/mol. The van der Waals surface area contributed by atoms with Gasteiger partial charge in [-0.05, 0) is 84.4 Å². The Balaban J connectivity index is 1.60. The molecule has 254 valence electrons. The molecule has 0 amide bonds. The summed E-state index contributed by atoms with van der Waals surface area (Å²) < 4.78 is 29.6. The van der Waals surface area contributed by atoms with Crippen molar-refractivity contribution in [1.82, 2.24) is 15.3 Å².